The maximum atomic E-state index is 2.06. The van der Waals surface area contributed by atoms with Gasteiger partial charge < -0.3 is 0 Å². The van der Waals surface area contributed by atoms with Crippen molar-refractivity contribution in [2.45, 2.75) is 0 Å². The van der Waals surface area contributed by atoms with E-state index in [0.29, 0.717) is 0 Å². The van der Waals surface area contributed by atoms with E-state index in [0.717, 1.165) is 0 Å². The van der Waals surface area contributed by atoms with Crippen molar-refractivity contribution >= 4 is 51.1 Å². The van der Waals surface area contributed by atoms with Gasteiger partial charge in [-0.1, -0.05) is 21.6 Å². The van der Waals surface area contributed by atoms with Crippen LogP contribution in [0.5, 0.6) is 0 Å². The predicted molar refractivity (Wildman–Crippen MR) is 32.8 cm³/mol. The summed E-state index contributed by atoms with van der Waals surface area (Å²) < 4.78 is 0. The fourth-order valence-corrected chi connectivity index (χ4v) is 0. The van der Waals surface area contributed by atoms with Crippen molar-refractivity contribution in [2.24, 2.45) is 0 Å². The van der Waals surface area contributed by atoms with Gasteiger partial charge in [0.2, 0.25) is 0 Å². The van der Waals surface area contributed by atoms with E-state index in [1.54, 1.807) is 21.6 Å². The van der Waals surface area contributed by atoms with Gasteiger partial charge in [-0.25, -0.2) is 0 Å². The van der Waals surface area contributed by atoms with E-state index in [-0.39, 0.29) is 29.6 Å². The molecule has 0 aliphatic carbocycles. The Morgan fingerprint density at radius 3 is 1.20 bits per heavy atom. The Morgan fingerprint density at radius 1 is 1.00 bits per heavy atom. The second-order valence-corrected chi connectivity index (χ2v) is 3.00. The van der Waals surface area contributed by atoms with Crippen LogP contribution in [0.1, 0.15) is 0 Å². The first kappa shape index (κ1) is 9.85. The summed E-state index contributed by atoms with van der Waals surface area (Å²) >= 11 is 0. The summed E-state index contributed by atoms with van der Waals surface area (Å²) in [4.78, 5) is 0. The summed E-state index contributed by atoms with van der Waals surface area (Å²) in [5.41, 5.74) is 0. The molecule has 0 atom stereocenters. The Hall–Kier alpha value is 1.70. The SMILES string of the molecule is CSSC.[Na]. The molecule has 0 heterocycles. The van der Waals surface area contributed by atoms with Gasteiger partial charge >= 0.3 is 0 Å². The molecular weight excluding hydrogens is 111 g/mol. The van der Waals surface area contributed by atoms with Crippen molar-refractivity contribution in [3.8, 4) is 0 Å². The summed E-state index contributed by atoms with van der Waals surface area (Å²) in [6, 6.07) is 0. The molecule has 0 saturated heterocycles. The van der Waals surface area contributed by atoms with Crippen LogP contribution in [0.15, 0.2) is 0 Å². The van der Waals surface area contributed by atoms with Gasteiger partial charge in [-0.3, -0.25) is 0 Å². The largest absolute Gasteiger partial charge is 0.0979 e. The van der Waals surface area contributed by atoms with Gasteiger partial charge in [0.15, 0.2) is 0 Å². The fourth-order valence-electron chi connectivity index (χ4n) is 0. The smallest absolute Gasteiger partial charge is 0 e. The zero-order valence-corrected chi connectivity index (χ0v) is 7.45. The minimum absolute atomic E-state index is 0. The van der Waals surface area contributed by atoms with Gasteiger partial charge in [0.25, 0.3) is 0 Å². The van der Waals surface area contributed by atoms with E-state index in [9.17, 15) is 0 Å². The standard InChI is InChI=1S/C2H6S2.Na/c1-3-4-2;/h1-2H3;. The van der Waals surface area contributed by atoms with Crippen molar-refractivity contribution in [2.75, 3.05) is 12.5 Å². The molecular formula is C2H6NaS2. The van der Waals surface area contributed by atoms with Gasteiger partial charge in [-0.2, -0.15) is 0 Å². The van der Waals surface area contributed by atoms with Crippen LogP contribution in [-0.2, 0) is 0 Å². The summed E-state index contributed by atoms with van der Waals surface area (Å²) in [7, 11) is 3.55. The molecule has 0 unspecified atom stereocenters. The molecule has 0 fully saturated rings. The second-order valence-electron chi connectivity index (χ2n) is 0.333. The van der Waals surface area contributed by atoms with Gasteiger partial charge in [-0.15, -0.1) is 0 Å². The first-order valence-corrected chi connectivity index (χ1v) is 3.95. The zero-order chi connectivity index (χ0) is 3.41. The molecule has 0 nitrogen and oxygen atoms in total. The molecule has 0 bridgehead atoms. The molecule has 1 radical (unpaired) electrons. The first-order chi connectivity index (χ1) is 1.91. The Labute approximate surface area is 63.2 Å². The van der Waals surface area contributed by atoms with Crippen LogP contribution in [0.2, 0.25) is 0 Å². The van der Waals surface area contributed by atoms with Crippen LogP contribution >= 0.6 is 21.6 Å². The summed E-state index contributed by atoms with van der Waals surface area (Å²) in [5, 5.41) is 0. The van der Waals surface area contributed by atoms with E-state index in [2.05, 4.69) is 12.5 Å². The number of hydrogen-bond donors (Lipinski definition) is 0. The van der Waals surface area contributed by atoms with E-state index < -0.39 is 0 Å². The fraction of sp³-hybridized carbons (Fsp3) is 1.00. The van der Waals surface area contributed by atoms with Crippen LogP contribution in [0.25, 0.3) is 0 Å². The monoisotopic (exact) mass is 117 g/mol. The Bertz CT molecular complexity index is 9.61. The second kappa shape index (κ2) is 9.20. The Morgan fingerprint density at radius 2 is 1.20 bits per heavy atom. The van der Waals surface area contributed by atoms with Crippen molar-refractivity contribution in [3.63, 3.8) is 0 Å². The molecule has 27 valence electrons. The molecule has 0 spiro atoms. The third kappa shape index (κ3) is 10.7. The zero-order valence-electron chi connectivity index (χ0n) is 3.82. The van der Waals surface area contributed by atoms with E-state index in [1.165, 1.54) is 0 Å². The van der Waals surface area contributed by atoms with Crippen molar-refractivity contribution < 1.29 is 0 Å². The van der Waals surface area contributed by atoms with Crippen molar-refractivity contribution in [1.82, 2.24) is 0 Å². The molecule has 5 heavy (non-hydrogen) atoms. The number of hydrogen-bond acceptors (Lipinski definition) is 2. The Kier molecular flexibility index (Phi) is 18.1. The maximum Gasteiger partial charge on any atom is 0 e. The maximum absolute atomic E-state index is 2.06. The van der Waals surface area contributed by atoms with Crippen LogP contribution < -0.4 is 0 Å². The van der Waals surface area contributed by atoms with Gasteiger partial charge in [0, 0.05) is 29.6 Å². The van der Waals surface area contributed by atoms with E-state index >= 15 is 0 Å². The van der Waals surface area contributed by atoms with Crippen molar-refractivity contribution in [1.29, 1.82) is 0 Å². The van der Waals surface area contributed by atoms with E-state index in [4.69, 9.17) is 0 Å². The van der Waals surface area contributed by atoms with Crippen molar-refractivity contribution in [3.05, 3.63) is 0 Å². The average molecular weight is 117 g/mol. The quantitative estimate of drug-likeness (QED) is 0.374. The molecule has 0 aliphatic heterocycles. The third-order valence-corrected chi connectivity index (χ3v) is 1.50. The van der Waals surface area contributed by atoms with Crippen LogP contribution in [-0.4, -0.2) is 42.1 Å². The minimum Gasteiger partial charge on any atom is -0.0979 e. The molecule has 0 amide bonds. The molecule has 0 saturated carbocycles. The van der Waals surface area contributed by atoms with Gasteiger partial charge in [0.1, 0.15) is 0 Å². The van der Waals surface area contributed by atoms with Gasteiger partial charge in [-0.05, 0) is 12.5 Å². The Balaban J connectivity index is 0. The normalized spacial score (nSPS) is 6.00. The summed E-state index contributed by atoms with van der Waals surface area (Å²) in [6.07, 6.45) is 4.12. The van der Waals surface area contributed by atoms with Gasteiger partial charge in [0.05, 0.1) is 0 Å². The average Bonchev–Trinajstić information content (AvgIpc) is 1.37. The summed E-state index contributed by atoms with van der Waals surface area (Å²) in [6.45, 7) is 0. The van der Waals surface area contributed by atoms with Crippen LogP contribution in [0.3, 0.4) is 0 Å². The van der Waals surface area contributed by atoms with Crippen LogP contribution in [0.4, 0.5) is 0 Å². The van der Waals surface area contributed by atoms with E-state index in [1.807, 2.05) is 0 Å². The molecule has 0 aromatic rings. The molecule has 0 aliphatic rings. The summed E-state index contributed by atoms with van der Waals surface area (Å²) in [5.74, 6) is 0. The molecule has 0 rings (SSSR count). The first-order valence-electron chi connectivity index (χ1n) is 0.983. The molecule has 0 aromatic carbocycles. The molecule has 0 aromatic heterocycles. The molecule has 0 N–H and O–H groups in total. The predicted octanol–water partition coefficient (Wildman–Crippen LogP) is 1.25. The van der Waals surface area contributed by atoms with Crippen LogP contribution in [0, 0.1) is 0 Å². The molecule has 3 heteroatoms. The third-order valence-electron chi connectivity index (χ3n) is 0.167. The topological polar surface area (TPSA) is 0 Å². The number of rotatable bonds is 1. The minimum atomic E-state index is 0.